The van der Waals surface area contributed by atoms with Crippen LogP contribution in [0.25, 0.3) is 0 Å². The Morgan fingerprint density at radius 2 is 2.14 bits per heavy atom. The Kier molecular flexibility index (Phi) is 6.58. The number of hydrogen-bond acceptors (Lipinski definition) is 3. The molecule has 3 nitrogen and oxygen atoms in total. The van der Waals surface area contributed by atoms with Crippen LogP contribution < -0.4 is 5.32 Å². The van der Waals surface area contributed by atoms with E-state index in [4.69, 9.17) is 0 Å². The molecule has 0 saturated carbocycles. The van der Waals surface area contributed by atoms with E-state index in [1.165, 1.54) is 44.7 Å². The van der Waals surface area contributed by atoms with Gasteiger partial charge in [0.15, 0.2) is 0 Å². The van der Waals surface area contributed by atoms with Crippen LogP contribution >= 0.6 is 0 Å². The quantitative estimate of drug-likeness (QED) is 0.781. The molecule has 0 bridgehead atoms. The van der Waals surface area contributed by atoms with Gasteiger partial charge < -0.3 is 10.2 Å². The largest absolute Gasteiger partial charge is 0.309 e. The van der Waals surface area contributed by atoms with Gasteiger partial charge >= 0.3 is 0 Å². The molecule has 21 heavy (non-hydrogen) atoms. The molecule has 4 heteroatoms. The zero-order chi connectivity index (χ0) is 15.1. The number of rotatable bonds is 7. The van der Waals surface area contributed by atoms with Crippen LogP contribution in [0.15, 0.2) is 18.3 Å². The molecule has 1 aromatic heterocycles. The van der Waals surface area contributed by atoms with E-state index in [9.17, 15) is 4.39 Å². The Morgan fingerprint density at radius 3 is 2.76 bits per heavy atom. The van der Waals surface area contributed by atoms with Crippen molar-refractivity contribution in [2.75, 3.05) is 26.2 Å². The monoisotopic (exact) mass is 293 g/mol. The minimum absolute atomic E-state index is 0.229. The Bertz CT molecular complexity index is 399. The summed E-state index contributed by atoms with van der Waals surface area (Å²) < 4.78 is 12.9. The highest BCUT2D eigenvalue weighted by molar-refractivity contribution is 5.09. The summed E-state index contributed by atoms with van der Waals surface area (Å²) in [6.07, 6.45) is 6.11. The second kappa shape index (κ2) is 8.44. The van der Waals surface area contributed by atoms with Crippen molar-refractivity contribution in [3.63, 3.8) is 0 Å². The lowest BCUT2D eigenvalue weighted by atomic mass is 9.99. The predicted molar refractivity (Wildman–Crippen MR) is 84.7 cm³/mol. The number of nitrogens with zero attached hydrogens (tertiary/aromatic N) is 2. The first-order valence-electron chi connectivity index (χ1n) is 8.26. The van der Waals surface area contributed by atoms with E-state index >= 15 is 0 Å². The van der Waals surface area contributed by atoms with Gasteiger partial charge in [-0.2, -0.15) is 0 Å². The number of hydrogen-bond donors (Lipinski definition) is 1. The lowest BCUT2D eigenvalue weighted by Crippen LogP contribution is -2.35. The van der Waals surface area contributed by atoms with E-state index in [-0.39, 0.29) is 11.9 Å². The predicted octanol–water partition coefficient (Wildman–Crippen LogP) is 3.38. The molecule has 118 valence electrons. The summed E-state index contributed by atoms with van der Waals surface area (Å²) in [4.78, 5) is 6.75. The molecule has 2 rings (SSSR count). The van der Waals surface area contributed by atoms with Crippen molar-refractivity contribution < 1.29 is 4.39 Å². The first kappa shape index (κ1) is 16.4. The van der Waals surface area contributed by atoms with Gasteiger partial charge in [0.2, 0.25) is 0 Å². The van der Waals surface area contributed by atoms with Crippen molar-refractivity contribution in [1.82, 2.24) is 15.2 Å². The van der Waals surface area contributed by atoms with Crippen LogP contribution in [0, 0.1) is 11.7 Å². The molecule has 1 aliphatic heterocycles. The van der Waals surface area contributed by atoms with E-state index in [1.807, 2.05) is 0 Å². The van der Waals surface area contributed by atoms with Crippen LogP contribution in [0.2, 0.25) is 0 Å². The fourth-order valence-corrected chi connectivity index (χ4v) is 2.92. The summed E-state index contributed by atoms with van der Waals surface area (Å²) in [5, 5.41) is 3.54. The fourth-order valence-electron chi connectivity index (χ4n) is 2.92. The van der Waals surface area contributed by atoms with Crippen molar-refractivity contribution in [2.45, 2.75) is 45.6 Å². The Labute approximate surface area is 127 Å². The van der Waals surface area contributed by atoms with Crippen LogP contribution in [0.3, 0.4) is 0 Å². The number of likely N-dealkylation sites (tertiary alicyclic amines) is 1. The molecular weight excluding hydrogens is 265 g/mol. The van der Waals surface area contributed by atoms with Gasteiger partial charge in [-0.05, 0) is 69.9 Å². The van der Waals surface area contributed by atoms with Gasteiger partial charge in [-0.1, -0.05) is 13.8 Å². The first-order chi connectivity index (χ1) is 10.2. The highest BCUT2D eigenvalue weighted by Crippen LogP contribution is 2.16. The van der Waals surface area contributed by atoms with Crippen LogP contribution in [-0.4, -0.2) is 36.1 Å². The Morgan fingerprint density at radius 1 is 1.38 bits per heavy atom. The molecule has 1 N–H and O–H groups in total. The van der Waals surface area contributed by atoms with Crippen LogP contribution in [-0.2, 0) is 0 Å². The summed E-state index contributed by atoms with van der Waals surface area (Å²) >= 11 is 0. The Hall–Kier alpha value is -1.00. The van der Waals surface area contributed by atoms with Crippen molar-refractivity contribution in [1.29, 1.82) is 0 Å². The molecule has 0 aromatic carbocycles. The zero-order valence-electron chi connectivity index (χ0n) is 13.3. The van der Waals surface area contributed by atoms with E-state index in [2.05, 4.69) is 29.0 Å². The summed E-state index contributed by atoms with van der Waals surface area (Å²) in [7, 11) is 0. The summed E-state index contributed by atoms with van der Waals surface area (Å²) in [5.74, 6) is 0.626. The molecule has 0 spiro atoms. The second-order valence-corrected chi connectivity index (χ2v) is 6.19. The smallest absolute Gasteiger partial charge is 0.141 e. The highest BCUT2D eigenvalue weighted by Gasteiger charge is 2.15. The maximum Gasteiger partial charge on any atom is 0.141 e. The van der Waals surface area contributed by atoms with Crippen molar-refractivity contribution in [3.05, 3.63) is 29.8 Å². The van der Waals surface area contributed by atoms with E-state index in [0.29, 0.717) is 0 Å². The molecule has 1 unspecified atom stereocenters. The minimum atomic E-state index is -0.270. The molecule has 0 aliphatic carbocycles. The van der Waals surface area contributed by atoms with Gasteiger partial charge in [-0.15, -0.1) is 0 Å². The van der Waals surface area contributed by atoms with Gasteiger partial charge in [-0.25, -0.2) is 4.39 Å². The number of aromatic nitrogens is 1. The molecular formula is C17H28FN3. The lowest BCUT2D eigenvalue weighted by Gasteiger charge is -2.30. The van der Waals surface area contributed by atoms with Gasteiger partial charge in [-0.3, -0.25) is 4.98 Å². The maximum atomic E-state index is 12.9. The number of nitrogens with one attached hydrogen (secondary N) is 1. The Balaban J connectivity index is 1.67. The third-order valence-corrected chi connectivity index (χ3v) is 4.43. The molecule has 0 amide bonds. The molecule has 1 aromatic rings. The summed E-state index contributed by atoms with van der Waals surface area (Å²) in [5.41, 5.74) is 0.936. The average Bonchev–Trinajstić information content (AvgIpc) is 2.50. The topological polar surface area (TPSA) is 28.2 Å². The molecule has 0 radical (unpaired) electrons. The highest BCUT2D eigenvalue weighted by atomic mass is 19.1. The first-order valence-corrected chi connectivity index (χ1v) is 8.26. The van der Waals surface area contributed by atoms with Gasteiger partial charge in [0.25, 0.3) is 0 Å². The van der Waals surface area contributed by atoms with Gasteiger partial charge in [0.1, 0.15) is 5.82 Å². The third kappa shape index (κ3) is 5.36. The molecule has 2 heterocycles. The van der Waals surface area contributed by atoms with E-state index < -0.39 is 0 Å². The summed E-state index contributed by atoms with van der Waals surface area (Å²) in [6, 6.07) is 3.50. The SMILES string of the molecule is CCC(NCCCN1CCC(C)CC1)c1ccc(F)cn1. The minimum Gasteiger partial charge on any atom is -0.309 e. The van der Waals surface area contributed by atoms with Gasteiger partial charge in [0.05, 0.1) is 11.9 Å². The maximum absolute atomic E-state index is 12.9. The van der Waals surface area contributed by atoms with Crippen LogP contribution in [0.1, 0.15) is 51.3 Å². The standard InChI is InChI=1S/C17H28FN3/c1-3-16(17-6-5-15(18)13-20-17)19-9-4-10-21-11-7-14(2)8-12-21/h5-6,13-14,16,19H,3-4,7-12H2,1-2H3. The van der Waals surface area contributed by atoms with Crippen LogP contribution in [0.5, 0.6) is 0 Å². The fraction of sp³-hybridized carbons (Fsp3) is 0.706. The lowest BCUT2D eigenvalue weighted by molar-refractivity contribution is 0.189. The van der Waals surface area contributed by atoms with E-state index in [1.54, 1.807) is 6.07 Å². The second-order valence-electron chi connectivity index (χ2n) is 6.19. The normalized spacial score (nSPS) is 18.8. The van der Waals surface area contributed by atoms with Crippen molar-refractivity contribution in [3.8, 4) is 0 Å². The third-order valence-electron chi connectivity index (χ3n) is 4.43. The molecule has 1 atom stereocenters. The number of halogens is 1. The average molecular weight is 293 g/mol. The van der Waals surface area contributed by atoms with Crippen LogP contribution in [0.4, 0.5) is 4.39 Å². The summed E-state index contributed by atoms with van der Waals surface area (Å²) in [6.45, 7) is 9.14. The number of piperidine rings is 1. The van der Waals surface area contributed by atoms with Crippen molar-refractivity contribution in [2.24, 2.45) is 5.92 Å². The molecule has 1 saturated heterocycles. The zero-order valence-corrected chi connectivity index (χ0v) is 13.3. The molecule has 1 aliphatic rings. The van der Waals surface area contributed by atoms with Gasteiger partial charge in [0, 0.05) is 6.04 Å². The molecule has 1 fully saturated rings. The van der Waals surface area contributed by atoms with E-state index in [0.717, 1.165) is 31.0 Å². The van der Waals surface area contributed by atoms with Crippen molar-refractivity contribution >= 4 is 0 Å². The number of pyridine rings is 1.